The molecule has 0 saturated carbocycles. The van der Waals surface area contributed by atoms with Crippen molar-refractivity contribution >= 4 is 5.91 Å². The van der Waals surface area contributed by atoms with Gasteiger partial charge in [0.2, 0.25) is 0 Å². The van der Waals surface area contributed by atoms with Gasteiger partial charge in [-0.05, 0) is 30.5 Å². The van der Waals surface area contributed by atoms with E-state index in [1.807, 2.05) is 36.4 Å². The maximum absolute atomic E-state index is 12.0. The van der Waals surface area contributed by atoms with Crippen LogP contribution in [0.1, 0.15) is 22.3 Å². The van der Waals surface area contributed by atoms with Crippen molar-refractivity contribution in [1.82, 2.24) is 5.32 Å². The lowest BCUT2D eigenvalue weighted by molar-refractivity contribution is 0.0944. The zero-order chi connectivity index (χ0) is 14.2. The molecule has 0 aliphatic heterocycles. The second kappa shape index (κ2) is 7.10. The van der Waals surface area contributed by atoms with Crippen LogP contribution >= 0.6 is 0 Å². The molecule has 0 aliphatic rings. The summed E-state index contributed by atoms with van der Waals surface area (Å²) in [6.07, 6.45) is 1.38. The predicted octanol–water partition coefficient (Wildman–Crippen LogP) is 2.94. The minimum Gasteiger partial charge on any atom is -0.336 e. The van der Waals surface area contributed by atoms with Crippen molar-refractivity contribution in [2.45, 2.75) is 18.9 Å². The first kappa shape index (κ1) is 13.8. The number of hydrogen-bond acceptors (Lipinski definition) is 2. The van der Waals surface area contributed by atoms with E-state index >= 15 is 0 Å². The summed E-state index contributed by atoms with van der Waals surface area (Å²) in [4.78, 5) is 12.0. The van der Waals surface area contributed by atoms with Crippen LogP contribution in [0, 0.1) is 11.3 Å². The highest BCUT2D eigenvalue weighted by Crippen LogP contribution is 2.06. The molecule has 0 saturated heterocycles. The van der Waals surface area contributed by atoms with Gasteiger partial charge in [-0.2, -0.15) is 5.26 Å². The average molecular weight is 264 g/mol. The summed E-state index contributed by atoms with van der Waals surface area (Å²) < 4.78 is 0. The van der Waals surface area contributed by atoms with Gasteiger partial charge in [-0.3, -0.25) is 4.79 Å². The van der Waals surface area contributed by atoms with Gasteiger partial charge in [0.15, 0.2) is 0 Å². The Labute approximate surface area is 118 Å². The van der Waals surface area contributed by atoms with Gasteiger partial charge in [-0.15, -0.1) is 0 Å². The molecule has 0 heterocycles. The fraction of sp³-hybridized carbons (Fsp3) is 0.176. The maximum Gasteiger partial charge on any atom is 0.252 e. The molecule has 0 radical (unpaired) electrons. The molecule has 0 aromatic heterocycles. The van der Waals surface area contributed by atoms with Crippen LogP contribution in [0.25, 0.3) is 0 Å². The number of carbonyl (C=O) groups excluding carboxylic acids is 1. The maximum atomic E-state index is 12.0. The minimum atomic E-state index is -0.470. The molecule has 1 N–H and O–H groups in total. The van der Waals surface area contributed by atoms with E-state index in [1.165, 1.54) is 5.56 Å². The molecule has 2 rings (SSSR count). The van der Waals surface area contributed by atoms with Crippen LogP contribution in [0.2, 0.25) is 0 Å². The Kier molecular flexibility index (Phi) is 4.91. The van der Waals surface area contributed by atoms with Crippen LogP contribution in [-0.4, -0.2) is 11.9 Å². The molecular weight excluding hydrogens is 248 g/mol. The highest BCUT2D eigenvalue weighted by Gasteiger charge is 2.12. The number of hydrogen-bond donors (Lipinski definition) is 1. The zero-order valence-electron chi connectivity index (χ0n) is 11.1. The number of amides is 1. The van der Waals surface area contributed by atoms with E-state index in [0.717, 1.165) is 6.42 Å². The number of nitrogens with one attached hydrogen (secondary N) is 1. The molecular formula is C17H16N2O. The number of nitriles is 1. The van der Waals surface area contributed by atoms with E-state index in [-0.39, 0.29) is 5.91 Å². The van der Waals surface area contributed by atoms with E-state index < -0.39 is 6.04 Å². The molecule has 0 unspecified atom stereocenters. The van der Waals surface area contributed by atoms with Crippen molar-refractivity contribution in [1.29, 1.82) is 5.26 Å². The van der Waals surface area contributed by atoms with Crippen molar-refractivity contribution in [3.63, 3.8) is 0 Å². The number of nitrogens with zero attached hydrogens (tertiary/aromatic N) is 1. The molecule has 0 fully saturated rings. The van der Waals surface area contributed by atoms with Gasteiger partial charge in [0.25, 0.3) is 5.91 Å². The Hall–Kier alpha value is -2.60. The summed E-state index contributed by atoms with van der Waals surface area (Å²) >= 11 is 0. The van der Waals surface area contributed by atoms with E-state index in [4.69, 9.17) is 5.26 Å². The lowest BCUT2D eigenvalue weighted by Gasteiger charge is -2.11. The Morgan fingerprint density at radius 2 is 1.65 bits per heavy atom. The summed E-state index contributed by atoms with van der Waals surface area (Å²) in [6, 6.07) is 20.6. The van der Waals surface area contributed by atoms with Crippen molar-refractivity contribution in [2.24, 2.45) is 0 Å². The quantitative estimate of drug-likeness (QED) is 0.902. The Balaban J connectivity index is 1.90. The van der Waals surface area contributed by atoms with Gasteiger partial charge < -0.3 is 5.32 Å². The molecule has 2 aromatic carbocycles. The molecule has 3 heteroatoms. The molecule has 0 spiro atoms. The largest absolute Gasteiger partial charge is 0.336 e. The van der Waals surface area contributed by atoms with Gasteiger partial charge in [0, 0.05) is 5.56 Å². The van der Waals surface area contributed by atoms with Gasteiger partial charge in [0.1, 0.15) is 6.04 Å². The highest BCUT2D eigenvalue weighted by atomic mass is 16.1. The molecule has 0 bridgehead atoms. The number of rotatable bonds is 5. The second-order valence-electron chi connectivity index (χ2n) is 4.55. The van der Waals surface area contributed by atoms with E-state index in [2.05, 4.69) is 11.4 Å². The smallest absolute Gasteiger partial charge is 0.252 e. The third-order valence-corrected chi connectivity index (χ3v) is 3.06. The molecule has 1 atom stereocenters. The molecule has 20 heavy (non-hydrogen) atoms. The lowest BCUT2D eigenvalue weighted by Crippen LogP contribution is -2.34. The summed E-state index contributed by atoms with van der Waals surface area (Å²) in [6.45, 7) is 0. The van der Waals surface area contributed by atoms with Crippen molar-refractivity contribution < 1.29 is 4.79 Å². The molecule has 0 aliphatic carbocycles. The number of aryl methyl sites for hydroxylation is 1. The topological polar surface area (TPSA) is 52.9 Å². The van der Waals surface area contributed by atoms with Crippen molar-refractivity contribution in [3.05, 3.63) is 71.8 Å². The van der Waals surface area contributed by atoms with E-state index in [0.29, 0.717) is 12.0 Å². The SMILES string of the molecule is N#C[C@@H](CCc1ccccc1)NC(=O)c1ccccc1. The Morgan fingerprint density at radius 3 is 2.25 bits per heavy atom. The summed E-state index contributed by atoms with van der Waals surface area (Å²) in [5.74, 6) is -0.204. The van der Waals surface area contributed by atoms with Crippen LogP contribution in [-0.2, 0) is 6.42 Å². The number of benzene rings is 2. The summed E-state index contributed by atoms with van der Waals surface area (Å²) in [5.41, 5.74) is 1.74. The molecule has 1 amide bonds. The first-order valence-corrected chi connectivity index (χ1v) is 6.59. The average Bonchev–Trinajstić information content (AvgIpc) is 2.53. The van der Waals surface area contributed by atoms with Gasteiger partial charge in [-0.25, -0.2) is 0 Å². The lowest BCUT2D eigenvalue weighted by atomic mass is 10.1. The van der Waals surface area contributed by atoms with Gasteiger partial charge >= 0.3 is 0 Å². The van der Waals surface area contributed by atoms with Crippen molar-refractivity contribution in [2.75, 3.05) is 0 Å². The molecule has 3 nitrogen and oxygen atoms in total. The Morgan fingerprint density at radius 1 is 1.05 bits per heavy atom. The van der Waals surface area contributed by atoms with Crippen LogP contribution in [0.15, 0.2) is 60.7 Å². The third kappa shape index (κ3) is 3.96. The van der Waals surface area contributed by atoms with Crippen LogP contribution in [0.4, 0.5) is 0 Å². The first-order valence-electron chi connectivity index (χ1n) is 6.59. The van der Waals surface area contributed by atoms with Crippen LogP contribution in [0.3, 0.4) is 0 Å². The van der Waals surface area contributed by atoms with Gasteiger partial charge in [-0.1, -0.05) is 48.5 Å². The van der Waals surface area contributed by atoms with Crippen LogP contribution in [0.5, 0.6) is 0 Å². The monoisotopic (exact) mass is 264 g/mol. The fourth-order valence-corrected chi connectivity index (χ4v) is 1.96. The summed E-state index contributed by atoms with van der Waals surface area (Å²) in [7, 11) is 0. The molecule has 2 aromatic rings. The highest BCUT2D eigenvalue weighted by molar-refractivity contribution is 5.94. The minimum absolute atomic E-state index is 0.204. The second-order valence-corrected chi connectivity index (χ2v) is 4.55. The van der Waals surface area contributed by atoms with E-state index in [1.54, 1.807) is 24.3 Å². The first-order chi connectivity index (χ1) is 9.79. The van der Waals surface area contributed by atoms with Crippen molar-refractivity contribution in [3.8, 4) is 6.07 Å². The number of carbonyl (C=O) groups is 1. The standard InChI is InChI=1S/C17H16N2O/c18-13-16(12-11-14-7-3-1-4-8-14)19-17(20)15-9-5-2-6-10-15/h1-10,16H,11-12H2,(H,19,20)/t16-/m1/s1. The van der Waals surface area contributed by atoms with E-state index in [9.17, 15) is 4.79 Å². The third-order valence-electron chi connectivity index (χ3n) is 3.06. The molecule has 100 valence electrons. The fourth-order valence-electron chi connectivity index (χ4n) is 1.96. The van der Waals surface area contributed by atoms with Gasteiger partial charge in [0.05, 0.1) is 6.07 Å². The predicted molar refractivity (Wildman–Crippen MR) is 78.1 cm³/mol. The zero-order valence-corrected chi connectivity index (χ0v) is 11.1. The normalized spacial score (nSPS) is 11.3. The van der Waals surface area contributed by atoms with Crippen LogP contribution < -0.4 is 5.32 Å². The Bertz CT molecular complexity index is 587. The summed E-state index contributed by atoms with van der Waals surface area (Å²) in [5, 5.41) is 11.9.